The standard InChI is InChI=1S/C15H25N5OS/c1-12(2)11-21-7-4-5-17-14(16-3)18-9-13-10-20-6-8-22-15(20)19-13/h6,8,10,12H,4-5,7,9,11H2,1-3H3,(H2,16,17,18). The molecule has 2 aromatic heterocycles. The molecule has 0 spiro atoms. The molecule has 6 nitrogen and oxygen atoms in total. The molecule has 0 fully saturated rings. The Morgan fingerprint density at radius 2 is 2.32 bits per heavy atom. The van der Waals surface area contributed by atoms with Crippen LogP contribution in [0.25, 0.3) is 4.96 Å². The maximum Gasteiger partial charge on any atom is 0.193 e. The van der Waals surface area contributed by atoms with Crippen LogP contribution in [0.5, 0.6) is 0 Å². The Kier molecular flexibility index (Phi) is 6.67. The molecule has 0 saturated carbocycles. The van der Waals surface area contributed by atoms with Gasteiger partial charge >= 0.3 is 0 Å². The van der Waals surface area contributed by atoms with Crippen molar-refractivity contribution in [3.05, 3.63) is 23.5 Å². The Hall–Kier alpha value is -1.60. The summed E-state index contributed by atoms with van der Waals surface area (Å²) < 4.78 is 7.58. The van der Waals surface area contributed by atoms with E-state index in [1.807, 2.05) is 22.2 Å². The molecule has 0 aliphatic carbocycles. The Bertz CT molecular complexity index is 561. The van der Waals surface area contributed by atoms with Crippen molar-refractivity contribution in [1.29, 1.82) is 0 Å². The lowest BCUT2D eigenvalue weighted by molar-refractivity contribution is 0.108. The number of rotatable bonds is 8. The van der Waals surface area contributed by atoms with E-state index in [-0.39, 0.29) is 0 Å². The van der Waals surface area contributed by atoms with E-state index in [2.05, 4.69) is 34.5 Å². The van der Waals surface area contributed by atoms with Gasteiger partial charge in [-0.25, -0.2) is 4.98 Å². The molecule has 2 aromatic rings. The molecule has 0 amide bonds. The minimum absolute atomic E-state index is 0.590. The number of hydrogen-bond donors (Lipinski definition) is 2. The molecule has 0 aromatic carbocycles. The van der Waals surface area contributed by atoms with Gasteiger partial charge in [0.05, 0.1) is 12.2 Å². The van der Waals surface area contributed by atoms with Crippen molar-refractivity contribution < 1.29 is 4.74 Å². The van der Waals surface area contributed by atoms with E-state index in [4.69, 9.17) is 4.74 Å². The Morgan fingerprint density at radius 3 is 3.05 bits per heavy atom. The summed E-state index contributed by atoms with van der Waals surface area (Å²) in [5, 5.41) is 8.58. The van der Waals surface area contributed by atoms with E-state index in [1.54, 1.807) is 18.4 Å². The summed E-state index contributed by atoms with van der Waals surface area (Å²) in [4.78, 5) is 9.76. The van der Waals surface area contributed by atoms with Crippen LogP contribution < -0.4 is 10.6 Å². The highest BCUT2D eigenvalue weighted by molar-refractivity contribution is 7.15. The van der Waals surface area contributed by atoms with Gasteiger partial charge in [0.25, 0.3) is 0 Å². The third-order valence-electron chi connectivity index (χ3n) is 3.01. The maximum absolute atomic E-state index is 5.55. The largest absolute Gasteiger partial charge is 0.381 e. The number of thiazole rings is 1. The summed E-state index contributed by atoms with van der Waals surface area (Å²) in [6, 6.07) is 0. The molecule has 22 heavy (non-hydrogen) atoms. The Balaban J connectivity index is 1.64. The van der Waals surface area contributed by atoms with Crippen molar-refractivity contribution >= 4 is 22.3 Å². The van der Waals surface area contributed by atoms with Gasteiger partial charge in [0, 0.05) is 44.6 Å². The van der Waals surface area contributed by atoms with Gasteiger partial charge in [-0.1, -0.05) is 13.8 Å². The second kappa shape index (κ2) is 8.75. The van der Waals surface area contributed by atoms with Crippen molar-refractivity contribution in [2.45, 2.75) is 26.8 Å². The number of fused-ring (bicyclic) bond motifs is 1. The Morgan fingerprint density at radius 1 is 1.45 bits per heavy atom. The first-order valence-electron chi connectivity index (χ1n) is 7.62. The molecule has 0 saturated heterocycles. The van der Waals surface area contributed by atoms with Crippen LogP contribution >= 0.6 is 11.3 Å². The van der Waals surface area contributed by atoms with Gasteiger partial charge in [-0.3, -0.25) is 9.39 Å². The van der Waals surface area contributed by atoms with E-state index < -0.39 is 0 Å². The fourth-order valence-electron chi connectivity index (χ4n) is 1.96. The Labute approximate surface area is 135 Å². The van der Waals surface area contributed by atoms with Crippen LogP contribution in [0.15, 0.2) is 22.8 Å². The molecular formula is C15H25N5OS. The van der Waals surface area contributed by atoms with Crippen LogP contribution in [0.2, 0.25) is 0 Å². The zero-order chi connectivity index (χ0) is 15.8. The number of aromatic nitrogens is 2. The molecule has 0 radical (unpaired) electrons. The zero-order valence-corrected chi connectivity index (χ0v) is 14.3. The van der Waals surface area contributed by atoms with Crippen molar-refractivity contribution in [1.82, 2.24) is 20.0 Å². The fourth-order valence-corrected chi connectivity index (χ4v) is 2.68. The number of hydrogen-bond acceptors (Lipinski definition) is 4. The molecule has 2 rings (SSSR count). The lowest BCUT2D eigenvalue weighted by Gasteiger charge is -2.11. The first-order chi connectivity index (χ1) is 10.7. The van der Waals surface area contributed by atoms with Gasteiger partial charge in [-0.05, 0) is 12.3 Å². The third kappa shape index (κ3) is 5.31. The molecule has 2 heterocycles. The maximum atomic E-state index is 5.55. The number of aliphatic imine (C=N–C) groups is 1. The third-order valence-corrected chi connectivity index (χ3v) is 3.78. The quantitative estimate of drug-likeness (QED) is 0.444. The van der Waals surface area contributed by atoms with Crippen molar-refractivity contribution in [2.75, 3.05) is 26.8 Å². The SMILES string of the molecule is CN=C(NCCCOCC(C)C)NCc1cn2ccsc2n1. The zero-order valence-electron chi connectivity index (χ0n) is 13.5. The number of nitrogens with zero attached hydrogens (tertiary/aromatic N) is 3. The second-order valence-corrected chi connectivity index (χ2v) is 6.37. The highest BCUT2D eigenvalue weighted by atomic mass is 32.1. The van der Waals surface area contributed by atoms with E-state index >= 15 is 0 Å². The van der Waals surface area contributed by atoms with Crippen LogP contribution in [0.1, 0.15) is 26.0 Å². The van der Waals surface area contributed by atoms with Crippen LogP contribution in [0, 0.1) is 5.92 Å². The predicted molar refractivity (Wildman–Crippen MR) is 91.5 cm³/mol. The van der Waals surface area contributed by atoms with E-state index in [9.17, 15) is 0 Å². The molecular weight excluding hydrogens is 298 g/mol. The highest BCUT2D eigenvalue weighted by Gasteiger charge is 2.03. The molecule has 2 N–H and O–H groups in total. The van der Waals surface area contributed by atoms with Crippen molar-refractivity contribution in [3.8, 4) is 0 Å². The topological polar surface area (TPSA) is 63.0 Å². The number of ether oxygens (including phenoxy) is 1. The second-order valence-electron chi connectivity index (χ2n) is 5.50. The first kappa shape index (κ1) is 16.8. The minimum Gasteiger partial charge on any atom is -0.381 e. The summed E-state index contributed by atoms with van der Waals surface area (Å²) >= 11 is 1.64. The fraction of sp³-hybridized carbons (Fsp3) is 0.600. The molecule has 122 valence electrons. The molecule has 0 bridgehead atoms. The first-order valence-corrected chi connectivity index (χ1v) is 8.50. The van der Waals surface area contributed by atoms with Crippen LogP contribution in [0.4, 0.5) is 0 Å². The lowest BCUT2D eigenvalue weighted by Crippen LogP contribution is -2.37. The van der Waals surface area contributed by atoms with E-state index in [1.165, 1.54) is 0 Å². The van der Waals surface area contributed by atoms with Crippen molar-refractivity contribution in [2.24, 2.45) is 10.9 Å². The molecule has 0 aliphatic rings. The van der Waals surface area contributed by atoms with Gasteiger partial charge in [0.15, 0.2) is 10.9 Å². The van der Waals surface area contributed by atoms with Crippen LogP contribution in [-0.2, 0) is 11.3 Å². The van der Waals surface area contributed by atoms with Crippen molar-refractivity contribution in [3.63, 3.8) is 0 Å². The van der Waals surface area contributed by atoms with E-state index in [0.29, 0.717) is 12.5 Å². The molecule has 0 atom stereocenters. The molecule has 0 aliphatic heterocycles. The summed E-state index contributed by atoms with van der Waals surface area (Å²) in [5.74, 6) is 1.38. The molecule has 7 heteroatoms. The normalized spacial score (nSPS) is 12.3. The van der Waals surface area contributed by atoms with Gasteiger partial charge in [0.1, 0.15) is 0 Å². The van der Waals surface area contributed by atoms with Gasteiger partial charge in [0.2, 0.25) is 0 Å². The average molecular weight is 323 g/mol. The smallest absolute Gasteiger partial charge is 0.193 e. The number of nitrogens with one attached hydrogen (secondary N) is 2. The number of guanidine groups is 1. The lowest BCUT2D eigenvalue weighted by atomic mass is 10.2. The van der Waals surface area contributed by atoms with Gasteiger partial charge in [-0.15, -0.1) is 11.3 Å². The summed E-state index contributed by atoms with van der Waals surface area (Å²) in [6.07, 6.45) is 5.01. The summed E-state index contributed by atoms with van der Waals surface area (Å²) in [6.45, 7) is 7.42. The van der Waals surface area contributed by atoms with Crippen LogP contribution in [-0.4, -0.2) is 42.2 Å². The van der Waals surface area contributed by atoms with Gasteiger partial charge < -0.3 is 15.4 Å². The predicted octanol–water partition coefficient (Wildman–Crippen LogP) is 2.12. The molecule has 0 unspecified atom stereocenters. The van der Waals surface area contributed by atoms with Gasteiger partial charge in [-0.2, -0.15) is 0 Å². The van der Waals surface area contributed by atoms with Crippen LogP contribution in [0.3, 0.4) is 0 Å². The monoisotopic (exact) mass is 323 g/mol. The number of imidazole rings is 1. The van der Waals surface area contributed by atoms with E-state index in [0.717, 1.165) is 42.8 Å². The average Bonchev–Trinajstić information content (AvgIpc) is 3.06. The highest BCUT2D eigenvalue weighted by Crippen LogP contribution is 2.10. The summed E-state index contributed by atoms with van der Waals surface area (Å²) in [5.41, 5.74) is 1.01. The summed E-state index contributed by atoms with van der Waals surface area (Å²) in [7, 11) is 1.77. The minimum atomic E-state index is 0.590.